The molecule has 2 N–H and O–H groups in total. The van der Waals surface area contributed by atoms with Crippen LogP contribution in [0, 0.1) is 0 Å². The molecule has 0 aliphatic heterocycles. The van der Waals surface area contributed by atoms with Gasteiger partial charge in [0.25, 0.3) is 0 Å². The molecule has 0 saturated carbocycles. The van der Waals surface area contributed by atoms with Crippen molar-refractivity contribution in [3.05, 3.63) is 0 Å². The van der Waals surface area contributed by atoms with Gasteiger partial charge in [-0.1, -0.05) is 6.92 Å². The van der Waals surface area contributed by atoms with Crippen molar-refractivity contribution in [3.8, 4) is 0 Å². The van der Waals surface area contributed by atoms with Crippen molar-refractivity contribution in [1.82, 2.24) is 10.2 Å². The van der Waals surface area contributed by atoms with E-state index in [1.54, 1.807) is 14.2 Å². The molecule has 0 bridgehead atoms. The molecule has 0 spiro atoms. The summed E-state index contributed by atoms with van der Waals surface area (Å²) in [5, 5.41) is 13.0. The van der Waals surface area contributed by atoms with E-state index in [4.69, 9.17) is 9.47 Å². The summed E-state index contributed by atoms with van der Waals surface area (Å²) in [5.74, 6) is 0. The van der Waals surface area contributed by atoms with Crippen molar-refractivity contribution in [3.63, 3.8) is 0 Å². The summed E-state index contributed by atoms with van der Waals surface area (Å²) in [6, 6.07) is 0. The molecule has 0 aliphatic carbocycles. The quantitative estimate of drug-likeness (QED) is 0.531. The van der Waals surface area contributed by atoms with Crippen LogP contribution in [-0.2, 0) is 9.47 Å². The van der Waals surface area contributed by atoms with Gasteiger partial charge in [-0.25, -0.2) is 0 Å². The highest BCUT2D eigenvalue weighted by atomic mass is 16.5. The first kappa shape index (κ1) is 17.8. The molecular formula is C13H30N2O3. The minimum absolute atomic E-state index is 0.128. The lowest BCUT2D eigenvalue weighted by atomic mass is 10.0. The van der Waals surface area contributed by atoms with E-state index in [-0.39, 0.29) is 12.1 Å². The van der Waals surface area contributed by atoms with E-state index in [1.807, 2.05) is 0 Å². The predicted octanol–water partition coefficient (Wildman–Crippen LogP) is 0.332. The van der Waals surface area contributed by atoms with Crippen molar-refractivity contribution in [2.45, 2.75) is 25.8 Å². The average molecular weight is 262 g/mol. The minimum atomic E-state index is -0.266. The van der Waals surface area contributed by atoms with E-state index >= 15 is 0 Å². The van der Waals surface area contributed by atoms with Crippen molar-refractivity contribution in [1.29, 1.82) is 0 Å². The smallest absolute Gasteiger partial charge is 0.0623 e. The van der Waals surface area contributed by atoms with Crippen LogP contribution in [0.2, 0.25) is 0 Å². The van der Waals surface area contributed by atoms with Gasteiger partial charge >= 0.3 is 0 Å². The third-order valence-electron chi connectivity index (χ3n) is 2.95. The van der Waals surface area contributed by atoms with Gasteiger partial charge in [-0.15, -0.1) is 0 Å². The third-order valence-corrected chi connectivity index (χ3v) is 2.95. The number of ether oxygens (including phenoxy) is 2. The average Bonchev–Trinajstić information content (AvgIpc) is 2.39. The number of hydrogen-bond acceptors (Lipinski definition) is 5. The monoisotopic (exact) mass is 262 g/mol. The zero-order valence-corrected chi connectivity index (χ0v) is 12.4. The highest BCUT2D eigenvalue weighted by Crippen LogP contribution is 2.06. The predicted molar refractivity (Wildman–Crippen MR) is 74.0 cm³/mol. The molecule has 0 aromatic carbocycles. The first-order valence-corrected chi connectivity index (χ1v) is 6.68. The van der Waals surface area contributed by atoms with Gasteiger partial charge in [0.15, 0.2) is 0 Å². The summed E-state index contributed by atoms with van der Waals surface area (Å²) in [6.07, 6.45) is 1.06. The number of nitrogens with one attached hydrogen (secondary N) is 1. The fraction of sp³-hybridized carbons (Fsp3) is 1.00. The molecule has 0 radical (unpaired) electrons. The Morgan fingerprint density at radius 2 is 1.72 bits per heavy atom. The van der Waals surface area contributed by atoms with Crippen LogP contribution >= 0.6 is 0 Å². The second-order valence-electron chi connectivity index (χ2n) is 4.91. The summed E-state index contributed by atoms with van der Waals surface area (Å²) in [6.45, 7) is 9.09. The molecule has 5 heteroatoms. The topological polar surface area (TPSA) is 54.0 Å². The molecule has 0 heterocycles. The van der Waals surface area contributed by atoms with E-state index in [9.17, 15) is 5.11 Å². The minimum Gasteiger partial charge on any atom is -0.394 e. The van der Waals surface area contributed by atoms with Crippen LogP contribution in [0.3, 0.4) is 0 Å². The van der Waals surface area contributed by atoms with Crippen LogP contribution < -0.4 is 5.32 Å². The van der Waals surface area contributed by atoms with E-state index in [1.165, 1.54) is 0 Å². The van der Waals surface area contributed by atoms with Gasteiger partial charge in [-0.2, -0.15) is 0 Å². The van der Waals surface area contributed by atoms with Gasteiger partial charge < -0.3 is 19.9 Å². The van der Waals surface area contributed by atoms with Crippen LogP contribution in [0.4, 0.5) is 0 Å². The first-order valence-electron chi connectivity index (χ1n) is 6.68. The van der Waals surface area contributed by atoms with E-state index in [0.717, 1.165) is 32.6 Å². The molecule has 0 aliphatic rings. The summed E-state index contributed by atoms with van der Waals surface area (Å²) >= 11 is 0. The van der Waals surface area contributed by atoms with Crippen LogP contribution in [0.25, 0.3) is 0 Å². The molecule has 5 nitrogen and oxygen atoms in total. The summed E-state index contributed by atoms with van der Waals surface area (Å²) < 4.78 is 10.2. The Labute approximate surface area is 111 Å². The molecule has 0 amide bonds. The molecule has 1 unspecified atom stereocenters. The van der Waals surface area contributed by atoms with Gasteiger partial charge in [0.2, 0.25) is 0 Å². The third kappa shape index (κ3) is 8.00. The number of rotatable bonds is 12. The first-order chi connectivity index (χ1) is 8.61. The van der Waals surface area contributed by atoms with Gasteiger partial charge in [0, 0.05) is 33.9 Å². The molecule has 110 valence electrons. The largest absolute Gasteiger partial charge is 0.394 e. The number of methoxy groups -OCH3 is 2. The van der Waals surface area contributed by atoms with Crippen molar-refractivity contribution in [2.75, 3.05) is 60.2 Å². The van der Waals surface area contributed by atoms with Gasteiger partial charge in [-0.3, -0.25) is 4.90 Å². The highest BCUT2D eigenvalue weighted by Gasteiger charge is 2.25. The van der Waals surface area contributed by atoms with Crippen LogP contribution in [0.1, 0.15) is 20.3 Å². The highest BCUT2D eigenvalue weighted by molar-refractivity contribution is 4.86. The molecule has 1 atom stereocenters. The fourth-order valence-corrected chi connectivity index (χ4v) is 1.79. The van der Waals surface area contributed by atoms with Crippen molar-refractivity contribution >= 4 is 0 Å². The number of nitrogens with zero attached hydrogens (tertiary/aromatic N) is 1. The Kier molecular flexibility index (Phi) is 10.6. The summed E-state index contributed by atoms with van der Waals surface area (Å²) in [5.41, 5.74) is -0.266. The SMILES string of the molecule is CCCNC(C)(CO)CN(CCOC)CCOC. The second-order valence-corrected chi connectivity index (χ2v) is 4.91. The lowest BCUT2D eigenvalue weighted by Crippen LogP contribution is -2.55. The molecule has 0 rings (SSSR count). The molecule has 18 heavy (non-hydrogen) atoms. The molecule has 0 fully saturated rings. The van der Waals surface area contributed by atoms with Crippen molar-refractivity contribution in [2.24, 2.45) is 0 Å². The van der Waals surface area contributed by atoms with Crippen LogP contribution in [0.15, 0.2) is 0 Å². The van der Waals surface area contributed by atoms with Gasteiger partial charge in [0.05, 0.1) is 25.4 Å². The van der Waals surface area contributed by atoms with Gasteiger partial charge in [0.1, 0.15) is 0 Å². The maximum absolute atomic E-state index is 9.56. The molecule has 0 aromatic rings. The Morgan fingerprint density at radius 1 is 1.17 bits per heavy atom. The molecular weight excluding hydrogens is 232 g/mol. The van der Waals surface area contributed by atoms with Crippen LogP contribution in [0.5, 0.6) is 0 Å². The zero-order valence-electron chi connectivity index (χ0n) is 12.4. The van der Waals surface area contributed by atoms with E-state index in [2.05, 4.69) is 24.1 Å². The maximum Gasteiger partial charge on any atom is 0.0623 e. The second kappa shape index (κ2) is 10.7. The normalized spacial score (nSPS) is 15.0. The Bertz CT molecular complexity index is 185. The maximum atomic E-state index is 9.56. The Morgan fingerprint density at radius 3 is 2.11 bits per heavy atom. The lowest BCUT2D eigenvalue weighted by molar-refractivity contribution is 0.0748. The van der Waals surface area contributed by atoms with E-state index < -0.39 is 0 Å². The van der Waals surface area contributed by atoms with Crippen LogP contribution in [-0.4, -0.2) is 75.8 Å². The Hall–Kier alpha value is -0.200. The summed E-state index contributed by atoms with van der Waals surface area (Å²) in [7, 11) is 3.41. The van der Waals surface area contributed by atoms with Crippen molar-refractivity contribution < 1.29 is 14.6 Å². The number of hydrogen-bond donors (Lipinski definition) is 2. The molecule has 0 saturated heterocycles. The lowest BCUT2D eigenvalue weighted by Gasteiger charge is -2.35. The number of aliphatic hydroxyl groups excluding tert-OH is 1. The number of aliphatic hydroxyl groups is 1. The fourth-order valence-electron chi connectivity index (χ4n) is 1.79. The standard InChI is InChI=1S/C13H30N2O3/c1-5-6-14-13(2,12-16)11-15(7-9-17-3)8-10-18-4/h14,16H,5-12H2,1-4H3. The van der Waals surface area contributed by atoms with Gasteiger partial charge in [-0.05, 0) is 19.9 Å². The van der Waals surface area contributed by atoms with E-state index in [0.29, 0.717) is 13.2 Å². The molecule has 0 aromatic heterocycles. The Balaban J connectivity index is 4.29. The summed E-state index contributed by atoms with van der Waals surface area (Å²) in [4.78, 5) is 2.26. The zero-order chi connectivity index (χ0) is 13.9.